The number of benzene rings is 2. The van der Waals surface area contributed by atoms with Crippen molar-refractivity contribution in [2.45, 2.75) is 46.0 Å². The van der Waals surface area contributed by atoms with Crippen LogP contribution in [0.5, 0.6) is 17.2 Å². The fraction of sp³-hybridized carbons (Fsp3) is 0.370. The van der Waals surface area contributed by atoms with Crippen LogP contribution >= 0.6 is 11.6 Å². The van der Waals surface area contributed by atoms with Gasteiger partial charge in [0.15, 0.2) is 11.5 Å². The number of hydrogen-bond acceptors (Lipinski definition) is 6. The zero-order valence-corrected chi connectivity index (χ0v) is 21.5. The zero-order chi connectivity index (χ0) is 26.1. The van der Waals surface area contributed by atoms with Crippen LogP contribution in [-0.4, -0.2) is 38.2 Å². The number of nitrogens with zero attached hydrogens (tertiary/aromatic N) is 1. The van der Waals surface area contributed by atoms with E-state index in [-0.39, 0.29) is 11.3 Å². The Kier molecular flexibility index (Phi) is 9.76. The molecule has 1 N–H and O–H groups in total. The topological polar surface area (TPSA) is 94.2 Å². The van der Waals surface area contributed by atoms with Crippen LogP contribution in [0.4, 0.5) is 10.5 Å². The molecule has 0 spiro atoms. The number of nitrogens with one attached hydrogen (secondary N) is 1. The maximum absolute atomic E-state index is 13.4. The highest BCUT2D eigenvalue weighted by molar-refractivity contribution is 6.39. The first-order valence-corrected chi connectivity index (χ1v) is 12.4. The highest BCUT2D eigenvalue weighted by Crippen LogP contribution is 2.34. The first kappa shape index (κ1) is 27.1. The van der Waals surface area contributed by atoms with Crippen molar-refractivity contribution in [2.24, 2.45) is 0 Å². The number of imide groups is 2. The van der Waals surface area contributed by atoms with Crippen LogP contribution in [-0.2, 0) is 9.59 Å². The summed E-state index contributed by atoms with van der Waals surface area (Å²) in [7, 11) is 1.47. The number of rotatable bonds is 12. The molecule has 0 atom stereocenters. The molecule has 1 aliphatic heterocycles. The summed E-state index contributed by atoms with van der Waals surface area (Å²) in [4.78, 5) is 39.6. The van der Waals surface area contributed by atoms with E-state index in [9.17, 15) is 14.4 Å². The van der Waals surface area contributed by atoms with Gasteiger partial charge in [0.05, 0.1) is 26.0 Å². The van der Waals surface area contributed by atoms with Gasteiger partial charge in [-0.05, 0) is 49.2 Å². The number of barbiturate groups is 1. The van der Waals surface area contributed by atoms with Crippen molar-refractivity contribution in [1.29, 1.82) is 0 Å². The molecule has 4 amide bonds. The van der Waals surface area contributed by atoms with E-state index in [0.717, 1.165) is 37.0 Å². The van der Waals surface area contributed by atoms with E-state index in [0.29, 0.717) is 41.0 Å². The summed E-state index contributed by atoms with van der Waals surface area (Å²) in [5, 5.41) is 2.65. The van der Waals surface area contributed by atoms with E-state index >= 15 is 0 Å². The van der Waals surface area contributed by atoms with E-state index in [4.69, 9.17) is 25.8 Å². The molecule has 1 saturated heterocycles. The Balaban J connectivity index is 1.91. The highest BCUT2D eigenvalue weighted by atomic mass is 35.5. The van der Waals surface area contributed by atoms with Crippen LogP contribution in [0.25, 0.3) is 6.08 Å². The van der Waals surface area contributed by atoms with Crippen LogP contribution in [0.2, 0.25) is 5.02 Å². The standard InChI is InChI=1S/C27H31ClN2O6/c1-4-6-7-8-14-36-22-11-9-19(28)15-18(22)16-21-25(31)29-27(33)30(26(21)32)20-10-12-23(35-13-5-2)24(17-20)34-3/h9-12,15-17H,4-8,13-14H2,1-3H3,(H,29,31,33)/b21-16-. The second kappa shape index (κ2) is 13.0. The number of methoxy groups -OCH3 is 1. The second-order valence-electron chi connectivity index (χ2n) is 8.23. The third-order valence-electron chi connectivity index (χ3n) is 5.50. The molecule has 2 aromatic rings. The summed E-state index contributed by atoms with van der Waals surface area (Å²) in [6.45, 7) is 5.10. The van der Waals surface area contributed by atoms with E-state index in [2.05, 4.69) is 12.2 Å². The molecular weight excluding hydrogens is 484 g/mol. The molecule has 0 unspecified atom stereocenters. The zero-order valence-electron chi connectivity index (χ0n) is 20.8. The van der Waals surface area contributed by atoms with Crippen LogP contribution in [0.3, 0.4) is 0 Å². The summed E-state index contributed by atoms with van der Waals surface area (Å²) in [5.41, 5.74) is 0.472. The van der Waals surface area contributed by atoms with Crippen LogP contribution in [0, 0.1) is 0 Å². The largest absolute Gasteiger partial charge is 0.493 e. The number of amides is 4. The molecule has 1 heterocycles. The van der Waals surface area contributed by atoms with Gasteiger partial charge in [-0.15, -0.1) is 0 Å². The number of ether oxygens (including phenoxy) is 3. The number of unbranched alkanes of at least 4 members (excludes halogenated alkanes) is 3. The number of anilines is 1. The monoisotopic (exact) mass is 514 g/mol. The van der Waals surface area contributed by atoms with Crippen molar-refractivity contribution in [3.05, 3.63) is 52.6 Å². The second-order valence-corrected chi connectivity index (χ2v) is 8.67. The van der Waals surface area contributed by atoms with Crippen LogP contribution in [0.1, 0.15) is 51.5 Å². The Morgan fingerprint density at radius 3 is 2.36 bits per heavy atom. The molecule has 3 rings (SSSR count). The fourth-order valence-corrected chi connectivity index (χ4v) is 3.83. The minimum atomic E-state index is -0.857. The van der Waals surface area contributed by atoms with Gasteiger partial charge in [0.25, 0.3) is 11.8 Å². The third kappa shape index (κ3) is 6.57. The van der Waals surface area contributed by atoms with Crippen LogP contribution in [0.15, 0.2) is 42.0 Å². The summed E-state index contributed by atoms with van der Waals surface area (Å²) < 4.78 is 16.9. The van der Waals surface area contributed by atoms with Gasteiger partial charge in [-0.25, -0.2) is 9.69 Å². The summed E-state index contributed by atoms with van der Waals surface area (Å²) in [6.07, 6.45) is 6.36. The van der Waals surface area contributed by atoms with Crippen molar-refractivity contribution in [2.75, 3.05) is 25.2 Å². The molecule has 2 aromatic carbocycles. The minimum Gasteiger partial charge on any atom is -0.493 e. The maximum Gasteiger partial charge on any atom is 0.335 e. The average Bonchev–Trinajstić information content (AvgIpc) is 2.86. The molecule has 0 saturated carbocycles. The molecule has 0 bridgehead atoms. The van der Waals surface area contributed by atoms with Gasteiger partial charge < -0.3 is 14.2 Å². The number of urea groups is 1. The van der Waals surface area contributed by atoms with Gasteiger partial charge in [0.1, 0.15) is 11.3 Å². The Labute approximate surface area is 216 Å². The molecule has 1 fully saturated rings. The normalized spacial score (nSPS) is 14.7. The number of carbonyl (C=O) groups excluding carboxylic acids is 3. The van der Waals surface area contributed by atoms with E-state index in [1.54, 1.807) is 30.3 Å². The lowest BCUT2D eigenvalue weighted by atomic mass is 10.1. The van der Waals surface area contributed by atoms with Crippen molar-refractivity contribution in [3.8, 4) is 17.2 Å². The first-order chi connectivity index (χ1) is 17.4. The molecule has 0 aromatic heterocycles. The molecule has 0 aliphatic carbocycles. The Hall–Kier alpha value is -3.52. The SMILES string of the molecule is CCCCCCOc1ccc(Cl)cc1/C=C1/C(=O)NC(=O)N(c2ccc(OCCC)c(OC)c2)C1=O. The quantitative estimate of drug-likeness (QED) is 0.220. The minimum absolute atomic E-state index is 0.224. The number of carbonyl (C=O) groups is 3. The Morgan fingerprint density at radius 1 is 0.889 bits per heavy atom. The van der Waals surface area contributed by atoms with E-state index in [1.807, 2.05) is 6.92 Å². The van der Waals surface area contributed by atoms with Gasteiger partial charge in [0, 0.05) is 16.7 Å². The van der Waals surface area contributed by atoms with Gasteiger partial charge in [-0.2, -0.15) is 0 Å². The lowest BCUT2D eigenvalue weighted by Crippen LogP contribution is -2.54. The fourth-order valence-electron chi connectivity index (χ4n) is 3.65. The third-order valence-corrected chi connectivity index (χ3v) is 5.73. The lowest BCUT2D eigenvalue weighted by Gasteiger charge is -2.27. The van der Waals surface area contributed by atoms with E-state index in [1.165, 1.54) is 19.3 Å². The molecule has 8 nitrogen and oxygen atoms in total. The molecule has 192 valence electrons. The van der Waals surface area contributed by atoms with Gasteiger partial charge in [-0.3, -0.25) is 14.9 Å². The lowest BCUT2D eigenvalue weighted by molar-refractivity contribution is -0.122. The first-order valence-electron chi connectivity index (χ1n) is 12.0. The number of halogens is 1. The predicted octanol–water partition coefficient (Wildman–Crippen LogP) is 5.76. The average molecular weight is 515 g/mol. The maximum atomic E-state index is 13.4. The summed E-state index contributed by atoms with van der Waals surface area (Å²) >= 11 is 6.18. The van der Waals surface area contributed by atoms with Crippen molar-refractivity contribution >= 4 is 41.2 Å². The van der Waals surface area contributed by atoms with E-state index < -0.39 is 17.8 Å². The predicted molar refractivity (Wildman–Crippen MR) is 139 cm³/mol. The summed E-state index contributed by atoms with van der Waals surface area (Å²) in [6, 6.07) is 8.82. The molecule has 9 heteroatoms. The van der Waals surface area contributed by atoms with Crippen molar-refractivity contribution in [1.82, 2.24) is 5.32 Å². The summed E-state index contributed by atoms with van der Waals surface area (Å²) in [5.74, 6) is -0.240. The molecule has 36 heavy (non-hydrogen) atoms. The van der Waals surface area contributed by atoms with Crippen molar-refractivity contribution < 1.29 is 28.6 Å². The highest BCUT2D eigenvalue weighted by Gasteiger charge is 2.37. The van der Waals surface area contributed by atoms with Crippen LogP contribution < -0.4 is 24.4 Å². The number of hydrogen-bond donors (Lipinski definition) is 1. The van der Waals surface area contributed by atoms with Gasteiger partial charge in [0.2, 0.25) is 0 Å². The molecule has 1 aliphatic rings. The Morgan fingerprint density at radius 2 is 1.64 bits per heavy atom. The smallest absolute Gasteiger partial charge is 0.335 e. The Bertz CT molecular complexity index is 1150. The van der Waals surface area contributed by atoms with Gasteiger partial charge >= 0.3 is 6.03 Å². The molecule has 0 radical (unpaired) electrons. The van der Waals surface area contributed by atoms with Crippen molar-refractivity contribution in [3.63, 3.8) is 0 Å². The molecular formula is C27H31ClN2O6. The van der Waals surface area contributed by atoms with Gasteiger partial charge in [-0.1, -0.05) is 44.7 Å².